The van der Waals surface area contributed by atoms with Gasteiger partial charge in [-0.1, -0.05) is 0 Å². The number of carbonyl (C=O) groups excluding carboxylic acids is 1. The van der Waals surface area contributed by atoms with Crippen molar-refractivity contribution in [3.63, 3.8) is 0 Å². The molecule has 1 saturated heterocycles. The molecule has 11 heteroatoms. The number of hydrogen-bond donors (Lipinski definition) is 0. The first kappa shape index (κ1) is 16.1. The summed E-state index contributed by atoms with van der Waals surface area (Å²) in [5.41, 5.74) is -0.249. The summed E-state index contributed by atoms with van der Waals surface area (Å²) < 4.78 is 22.5. The number of halogens is 2. The Morgan fingerprint density at radius 1 is 1.52 bits per heavy atom. The van der Waals surface area contributed by atoms with Crippen LogP contribution in [0.1, 0.15) is 6.42 Å². The molecule has 0 aliphatic carbocycles. The minimum Gasteiger partial charge on any atom is -0.305 e. The summed E-state index contributed by atoms with van der Waals surface area (Å²) in [6, 6.07) is 0. The molecule has 2 heterocycles. The molecular formula is C10H9BrClN3O5S. The molecule has 0 N–H and O–H groups in total. The van der Waals surface area contributed by atoms with Crippen LogP contribution in [0.5, 0.6) is 0 Å². The van der Waals surface area contributed by atoms with Gasteiger partial charge in [0.2, 0.25) is 15.0 Å². The summed E-state index contributed by atoms with van der Waals surface area (Å²) in [7, 11) is 1.44. The number of carbonyl (C=O) groups is 1. The van der Waals surface area contributed by atoms with Crippen molar-refractivity contribution < 1.29 is 18.1 Å². The standard InChI is InChI=1S/C10H9BrClN3O5S/c11-7-2-13-3-8(15(17)18)10(7)14-4-6(1-9(14)16)5-21(12,19)20/h2-3,6H,1,4-5H2. The number of rotatable bonds is 4. The molecule has 1 unspecified atom stereocenters. The Labute approximate surface area is 132 Å². The number of hydrogen-bond acceptors (Lipinski definition) is 6. The summed E-state index contributed by atoms with van der Waals surface area (Å²) in [5, 5.41) is 11.0. The Bertz CT molecular complexity index is 711. The molecular weight excluding hydrogens is 390 g/mol. The number of pyridine rings is 1. The number of aromatic nitrogens is 1. The van der Waals surface area contributed by atoms with E-state index >= 15 is 0 Å². The maximum absolute atomic E-state index is 12.0. The van der Waals surface area contributed by atoms with Gasteiger partial charge in [0, 0.05) is 35.8 Å². The smallest absolute Gasteiger partial charge is 0.305 e. The fraction of sp³-hybridized carbons (Fsp3) is 0.400. The fourth-order valence-corrected chi connectivity index (χ4v) is 4.07. The topological polar surface area (TPSA) is 110 Å². The van der Waals surface area contributed by atoms with Crippen molar-refractivity contribution in [3.8, 4) is 0 Å². The predicted molar refractivity (Wildman–Crippen MR) is 78.7 cm³/mol. The van der Waals surface area contributed by atoms with E-state index in [4.69, 9.17) is 10.7 Å². The Kier molecular flexibility index (Phi) is 4.49. The van der Waals surface area contributed by atoms with Gasteiger partial charge in [0.1, 0.15) is 11.9 Å². The molecule has 21 heavy (non-hydrogen) atoms. The van der Waals surface area contributed by atoms with Crippen LogP contribution in [-0.2, 0) is 13.8 Å². The van der Waals surface area contributed by atoms with Crippen LogP contribution in [0, 0.1) is 16.0 Å². The van der Waals surface area contributed by atoms with Crippen LogP contribution in [-0.4, -0.2) is 36.5 Å². The maximum atomic E-state index is 12.0. The molecule has 1 aliphatic rings. The van der Waals surface area contributed by atoms with Crippen LogP contribution in [0.15, 0.2) is 16.9 Å². The van der Waals surface area contributed by atoms with Crippen molar-refractivity contribution in [1.82, 2.24) is 4.98 Å². The quantitative estimate of drug-likeness (QED) is 0.433. The number of nitro groups is 1. The summed E-state index contributed by atoms with van der Waals surface area (Å²) in [6.45, 7) is 0.0498. The van der Waals surface area contributed by atoms with E-state index in [1.54, 1.807) is 0 Å². The third-order valence-corrected chi connectivity index (χ3v) is 4.79. The van der Waals surface area contributed by atoms with Crippen LogP contribution in [0.25, 0.3) is 0 Å². The average molecular weight is 399 g/mol. The lowest BCUT2D eigenvalue weighted by molar-refractivity contribution is -0.384. The van der Waals surface area contributed by atoms with Crippen molar-refractivity contribution in [1.29, 1.82) is 0 Å². The van der Waals surface area contributed by atoms with Gasteiger partial charge in [-0.25, -0.2) is 8.42 Å². The highest BCUT2D eigenvalue weighted by Gasteiger charge is 2.37. The zero-order valence-electron chi connectivity index (χ0n) is 10.4. The highest BCUT2D eigenvalue weighted by atomic mass is 79.9. The van der Waals surface area contributed by atoms with E-state index in [-0.39, 0.29) is 30.1 Å². The molecule has 114 valence electrons. The molecule has 1 aromatic rings. The van der Waals surface area contributed by atoms with E-state index in [1.165, 1.54) is 11.1 Å². The predicted octanol–water partition coefficient (Wildman–Crippen LogP) is 1.67. The number of nitrogens with zero attached hydrogens (tertiary/aromatic N) is 3. The first-order chi connectivity index (χ1) is 9.69. The van der Waals surface area contributed by atoms with Gasteiger partial charge < -0.3 is 4.90 Å². The lowest BCUT2D eigenvalue weighted by Gasteiger charge is -2.17. The summed E-state index contributed by atoms with van der Waals surface area (Å²) in [4.78, 5) is 27.3. The summed E-state index contributed by atoms with van der Waals surface area (Å²) >= 11 is 3.13. The van der Waals surface area contributed by atoms with Crippen molar-refractivity contribution in [3.05, 3.63) is 27.0 Å². The van der Waals surface area contributed by atoms with Gasteiger partial charge in [-0.2, -0.15) is 0 Å². The SMILES string of the molecule is O=C1CC(CS(=O)(=O)Cl)CN1c1c(Br)cncc1[N+](=O)[O-]. The van der Waals surface area contributed by atoms with Crippen LogP contribution >= 0.6 is 26.6 Å². The van der Waals surface area contributed by atoms with Crippen LogP contribution in [0.2, 0.25) is 0 Å². The van der Waals surface area contributed by atoms with E-state index in [0.29, 0.717) is 4.47 Å². The lowest BCUT2D eigenvalue weighted by atomic mass is 10.1. The van der Waals surface area contributed by atoms with Crippen LogP contribution < -0.4 is 4.90 Å². The molecule has 1 atom stereocenters. The Hall–Kier alpha value is -1.26. The fourth-order valence-electron chi connectivity index (χ4n) is 2.21. The first-order valence-corrected chi connectivity index (χ1v) is 8.97. The molecule has 1 fully saturated rings. The zero-order chi connectivity index (χ0) is 15.8. The van der Waals surface area contributed by atoms with E-state index < -0.39 is 25.8 Å². The molecule has 0 spiro atoms. The van der Waals surface area contributed by atoms with E-state index in [1.807, 2.05) is 0 Å². The van der Waals surface area contributed by atoms with Gasteiger partial charge in [0.15, 0.2) is 0 Å². The van der Waals surface area contributed by atoms with Gasteiger partial charge in [-0.15, -0.1) is 0 Å². The average Bonchev–Trinajstić information content (AvgIpc) is 2.66. The monoisotopic (exact) mass is 397 g/mol. The molecule has 0 aromatic carbocycles. The van der Waals surface area contributed by atoms with Gasteiger partial charge in [0.05, 0.1) is 15.1 Å². The molecule has 0 bridgehead atoms. The normalized spacial score (nSPS) is 19.0. The molecule has 0 radical (unpaired) electrons. The lowest BCUT2D eigenvalue weighted by Crippen LogP contribution is -2.26. The van der Waals surface area contributed by atoms with Crippen molar-refractivity contribution in [2.24, 2.45) is 5.92 Å². The second-order valence-corrected chi connectivity index (χ2v) is 8.20. The minimum absolute atomic E-state index is 0.0299. The Balaban J connectivity index is 2.36. The highest BCUT2D eigenvalue weighted by molar-refractivity contribution is 9.10. The van der Waals surface area contributed by atoms with Gasteiger partial charge in [0.25, 0.3) is 0 Å². The minimum atomic E-state index is -3.74. The van der Waals surface area contributed by atoms with Crippen LogP contribution in [0.3, 0.4) is 0 Å². The third kappa shape index (κ3) is 3.69. The zero-order valence-corrected chi connectivity index (χ0v) is 13.6. The third-order valence-electron chi connectivity index (χ3n) is 2.96. The van der Waals surface area contributed by atoms with Crippen molar-refractivity contribution in [2.45, 2.75) is 6.42 Å². The van der Waals surface area contributed by atoms with Gasteiger partial charge >= 0.3 is 5.69 Å². The molecule has 1 aromatic heterocycles. The van der Waals surface area contributed by atoms with Gasteiger partial charge in [-0.3, -0.25) is 19.9 Å². The second-order valence-electron chi connectivity index (χ2n) is 4.53. The number of anilines is 1. The first-order valence-electron chi connectivity index (χ1n) is 5.69. The van der Waals surface area contributed by atoms with Gasteiger partial charge in [-0.05, 0) is 15.9 Å². The van der Waals surface area contributed by atoms with Crippen molar-refractivity contribution in [2.75, 3.05) is 17.2 Å². The van der Waals surface area contributed by atoms with E-state index in [2.05, 4.69) is 20.9 Å². The van der Waals surface area contributed by atoms with E-state index in [9.17, 15) is 23.3 Å². The number of amides is 1. The van der Waals surface area contributed by atoms with Crippen molar-refractivity contribution >= 4 is 52.9 Å². The Morgan fingerprint density at radius 2 is 2.19 bits per heavy atom. The molecule has 1 amide bonds. The Morgan fingerprint density at radius 3 is 2.76 bits per heavy atom. The molecule has 8 nitrogen and oxygen atoms in total. The molecule has 0 saturated carbocycles. The summed E-state index contributed by atoms with van der Waals surface area (Å²) in [6.07, 6.45) is 2.35. The van der Waals surface area contributed by atoms with E-state index in [0.717, 1.165) is 6.20 Å². The summed E-state index contributed by atoms with van der Waals surface area (Å²) in [5.74, 6) is -1.25. The van der Waals surface area contributed by atoms with Crippen LogP contribution in [0.4, 0.5) is 11.4 Å². The molecule has 2 rings (SSSR count). The maximum Gasteiger partial charge on any atom is 0.312 e. The highest BCUT2D eigenvalue weighted by Crippen LogP contribution is 2.38. The molecule has 1 aliphatic heterocycles. The largest absolute Gasteiger partial charge is 0.312 e. The second kappa shape index (κ2) is 5.85.